The van der Waals surface area contributed by atoms with Gasteiger partial charge in [-0.15, -0.1) is 0 Å². The average molecular weight is 461 g/mol. The number of anilines is 1. The molecule has 0 saturated heterocycles. The lowest BCUT2D eigenvalue weighted by atomic mass is 10.1. The fourth-order valence-corrected chi connectivity index (χ4v) is 5.08. The van der Waals surface area contributed by atoms with Crippen LogP contribution in [0.3, 0.4) is 0 Å². The summed E-state index contributed by atoms with van der Waals surface area (Å²) in [6.45, 7) is 4.65. The van der Waals surface area contributed by atoms with Gasteiger partial charge >= 0.3 is 0 Å². The highest BCUT2D eigenvalue weighted by Crippen LogP contribution is 2.18. The molecule has 2 aromatic carbocycles. The number of hydrogen-bond acceptors (Lipinski definition) is 7. The molecule has 1 aromatic heterocycles. The molecule has 0 spiro atoms. The lowest BCUT2D eigenvalue weighted by Gasteiger charge is -2.17. The van der Waals surface area contributed by atoms with E-state index in [1.165, 1.54) is 22.7 Å². The molecule has 0 fully saturated rings. The van der Waals surface area contributed by atoms with Gasteiger partial charge in [0.1, 0.15) is 11.6 Å². The van der Waals surface area contributed by atoms with Gasteiger partial charge in [-0.05, 0) is 55.2 Å². The maximum Gasteiger partial charge on any atom is 0.240 e. The predicted octanol–water partition coefficient (Wildman–Crippen LogP) is 4.01. The highest BCUT2D eigenvalue weighted by Gasteiger charge is 2.19. The fourth-order valence-electron chi connectivity index (χ4n) is 3.12. The number of methoxy groups -OCH3 is 1. The van der Waals surface area contributed by atoms with E-state index in [1.54, 1.807) is 31.4 Å². The molecule has 2 N–H and O–H groups in total. The third-order valence-corrected chi connectivity index (χ3v) is 7.28. The molecule has 0 aliphatic rings. The summed E-state index contributed by atoms with van der Waals surface area (Å²) < 4.78 is 37.6. The van der Waals surface area contributed by atoms with E-state index >= 15 is 0 Å². The minimum atomic E-state index is -3.58. The lowest BCUT2D eigenvalue weighted by Crippen LogP contribution is -2.35. The van der Waals surface area contributed by atoms with Crippen molar-refractivity contribution in [3.8, 4) is 5.75 Å². The monoisotopic (exact) mass is 460 g/mol. The average Bonchev–Trinajstić information content (AvgIpc) is 3.21. The van der Waals surface area contributed by atoms with Crippen LogP contribution in [-0.4, -0.2) is 37.5 Å². The van der Waals surface area contributed by atoms with Crippen molar-refractivity contribution >= 4 is 26.7 Å². The first-order valence-corrected chi connectivity index (χ1v) is 12.4. The molecule has 1 heterocycles. The SMILES string of the molecule is CCC(CCNc1nc(Cc2ccccc2C)ns1)NS(=O)(=O)c1ccc(OC)cc1. The second-order valence-electron chi connectivity index (χ2n) is 7.24. The first-order valence-electron chi connectivity index (χ1n) is 10.2. The third-order valence-electron chi connectivity index (χ3n) is 5.03. The molecule has 0 saturated carbocycles. The van der Waals surface area contributed by atoms with Crippen molar-refractivity contribution in [3.63, 3.8) is 0 Å². The van der Waals surface area contributed by atoms with Crippen LogP contribution in [0.5, 0.6) is 5.75 Å². The number of aryl methyl sites for hydroxylation is 1. The van der Waals surface area contributed by atoms with Gasteiger partial charge < -0.3 is 10.1 Å². The summed E-state index contributed by atoms with van der Waals surface area (Å²) in [7, 11) is -2.04. The number of hydrogen-bond donors (Lipinski definition) is 2. The highest BCUT2D eigenvalue weighted by molar-refractivity contribution is 7.89. The van der Waals surface area contributed by atoms with Crippen LogP contribution < -0.4 is 14.8 Å². The molecular formula is C22H28N4O3S2. The zero-order valence-electron chi connectivity index (χ0n) is 18.0. The molecule has 7 nitrogen and oxygen atoms in total. The van der Waals surface area contributed by atoms with Crippen molar-refractivity contribution in [3.05, 3.63) is 65.5 Å². The first-order chi connectivity index (χ1) is 14.9. The van der Waals surface area contributed by atoms with Gasteiger partial charge in [0.2, 0.25) is 15.2 Å². The van der Waals surface area contributed by atoms with Crippen LogP contribution in [0.15, 0.2) is 53.4 Å². The lowest BCUT2D eigenvalue weighted by molar-refractivity contribution is 0.414. The van der Waals surface area contributed by atoms with Crippen LogP contribution in [0, 0.1) is 6.92 Å². The van der Waals surface area contributed by atoms with E-state index in [9.17, 15) is 8.42 Å². The number of rotatable bonds is 11. The van der Waals surface area contributed by atoms with E-state index in [-0.39, 0.29) is 10.9 Å². The molecule has 166 valence electrons. The summed E-state index contributed by atoms with van der Waals surface area (Å²) in [5, 5.41) is 4.01. The summed E-state index contributed by atoms with van der Waals surface area (Å²) in [5.74, 6) is 1.41. The molecule has 0 radical (unpaired) electrons. The molecule has 1 atom stereocenters. The van der Waals surface area contributed by atoms with E-state index in [2.05, 4.69) is 38.5 Å². The van der Waals surface area contributed by atoms with Crippen LogP contribution >= 0.6 is 11.5 Å². The summed E-state index contributed by atoms with van der Waals surface area (Å²) in [6.07, 6.45) is 2.02. The quantitative estimate of drug-likeness (QED) is 0.449. The van der Waals surface area contributed by atoms with Gasteiger partial charge in [0.05, 0.1) is 12.0 Å². The topological polar surface area (TPSA) is 93.2 Å². The largest absolute Gasteiger partial charge is 0.497 e. The van der Waals surface area contributed by atoms with Crippen LogP contribution in [0.25, 0.3) is 0 Å². The minimum absolute atomic E-state index is 0.182. The minimum Gasteiger partial charge on any atom is -0.497 e. The van der Waals surface area contributed by atoms with Gasteiger partial charge in [-0.25, -0.2) is 18.1 Å². The molecule has 0 amide bonds. The fraction of sp³-hybridized carbons (Fsp3) is 0.364. The standard InChI is InChI=1S/C22H28N4O3S2/c1-4-18(26-31(27,28)20-11-9-19(29-3)10-12-20)13-14-23-22-24-21(25-30-22)15-17-8-6-5-7-16(17)2/h5-12,18,26H,4,13-15H2,1-3H3,(H,23,24,25). The maximum atomic E-state index is 12.6. The molecule has 1 unspecified atom stereocenters. The van der Waals surface area contributed by atoms with Crippen LogP contribution in [-0.2, 0) is 16.4 Å². The second-order valence-corrected chi connectivity index (χ2v) is 9.70. The van der Waals surface area contributed by atoms with E-state index in [0.717, 1.165) is 11.0 Å². The van der Waals surface area contributed by atoms with Gasteiger partial charge in [-0.3, -0.25) is 0 Å². The van der Waals surface area contributed by atoms with Crippen LogP contribution in [0.1, 0.15) is 36.7 Å². The Labute approximate surface area is 188 Å². The Balaban J connectivity index is 1.52. The molecule has 31 heavy (non-hydrogen) atoms. The van der Waals surface area contributed by atoms with E-state index in [4.69, 9.17) is 4.74 Å². The molecule has 3 rings (SSSR count). The number of nitrogens with one attached hydrogen (secondary N) is 2. The van der Waals surface area contributed by atoms with Crippen molar-refractivity contribution in [2.24, 2.45) is 0 Å². The Hall–Kier alpha value is -2.49. The number of benzene rings is 2. The van der Waals surface area contributed by atoms with Gasteiger partial charge in [0, 0.05) is 30.5 Å². The van der Waals surface area contributed by atoms with Crippen LogP contribution in [0.2, 0.25) is 0 Å². The van der Waals surface area contributed by atoms with Crippen molar-refractivity contribution in [2.75, 3.05) is 19.0 Å². The summed E-state index contributed by atoms with van der Waals surface area (Å²) >= 11 is 1.32. The Morgan fingerprint density at radius 2 is 1.87 bits per heavy atom. The molecule has 3 aromatic rings. The van der Waals surface area contributed by atoms with Gasteiger partial charge in [-0.1, -0.05) is 31.2 Å². The number of ether oxygens (including phenoxy) is 1. The van der Waals surface area contributed by atoms with Crippen LogP contribution in [0.4, 0.5) is 5.13 Å². The smallest absolute Gasteiger partial charge is 0.240 e. The van der Waals surface area contributed by atoms with Gasteiger partial charge in [-0.2, -0.15) is 4.37 Å². The van der Waals surface area contributed by atoms with E-state index in [1.807, 2.05) is 19.1 Å². The zero-order chi connectivity index (χ0) is 22.3. The molecule has 9 heteroatoms. The third kappa shape index (κ3) is 6.49. The Bertz CT molecular complexity index is 1080. The Kier molecular flexibility index (Phi) is 8.00. The van der Waals surface area contributed by atoms with Crippen molar-refractivity contribution < 1.29 is 13.2 Å². The first kappa shape index (κ1) is 23.2. The van der Waals surface area contributed by atoms with Gasteiger partial charge in [0.15, 0.2) is 0 Å². The normalized spacial score (nSPS) is 12.5. The van der Waals surface area contributed by atoms with Crippen molar-refractivity contribution in [2.45, 2.75) is 44.0 Å². The number of aromatic nitrogens is 2. The number of sulfonamides is 1. The Morgan fingerprint density at radius 1 is 1.13 bits per heavy atom. The summed E-state index contributed by atoms with van der Waals surface area (Å²) in [4.78, 5) is 4.78. The zero-order valence-corrected chi connectivity index (χ0v) is 19.6. The van der Waals surface area contributed by atoms with Crippen molar-refractivity contribution in [1.29, 1.82) is 0 Å². The maximum absolute atomic E-state index is 12.6. The molecule has 0 bridgehead atoms. The van der Waals surface area contributed by atoms with E-state index < -0.39 is 10.0 Å². The number of nitrogens with zero attached hydrogens (tertiary/aromatic N) is 2. The van der Waals surface area contributed by atoms with E-state index in [0.29, 0.717) is 31.6 Å². The molecular weight excluding hydrogens is 432 g/mol. The highest BCUT2D eigenvalue weighted by atomic mass is 32.2. The molecule has 0 aliphatic heterocycles. The van der Waals surface area contributed by atoms with Crippen molar-refractivity contribution in [1.82, 2.24) is 14.1 Å². The molecule has 0 aliphatic carbocycles. The summed E-state index contributed by atoms with van der Waals surface area (Å²) in [6, 6.07) is 14.4. The second kappa shape index (κ2) is 10.7. The Morgan fingerprint density at radius 3 is 2.55 bits per heavy atom. The summed E-state index contributed by atoms with van der Waals surface area (Å²) in [5.41, 5.74) is 2.44. The van der Waals surface area contributed by atoms with Gasteiger partial charge in [0.25, 0.3) is 0 Å². The predicted molar refractivity (Wildman–Crippen MR) is 124 cm³/mol.